The second-order valence-corrected chi connectivity index (χ2v) is 2.11. The van der Waals surface area contributed by atoms with Gasteiger partial charge in [-0.25, -0.2) is 0 Å². The molecule has 0 fully saturated rings. The second kappa shape index (κ2) is 5.35. The van der Waals surface area contributed by atoms with Crippen molar-refractivity contribution < 1.29 is 19.1 Å². The highest BCUT2D eigenvalue weighted by Gasteiger charge is 1.95. The van der Waals surface area contributed by atoms with Crippen LogP contribution in [0.1, 0.15) is 20.8 Å². The van der Waals surface area contributed by atoms with Gasteiger partial charge in [-0.05, 0) is 6.92 Å². The van der Waals surface area contributed by atoms with Crippen molar-refractivity contribution in [2.45, 2.75) is 20.8 Å². The average molecular weight is 171 g/mol. The molecular weight excluding hydrogens is 160 g/mol. The monoisotopic (exact) mass is 171 g/mol. The van der Waals surface area contributed by atoms with E-state index in [0.29, 0.717) is 5.76 Å². The Kier molecular flexibility index (Phi) is 4.76. The van der Waals surface area contributed by atoms with Gasteiger partial charge in [-0.2, -0.15) is 0 Å². The molecule has 0 unspecified atom stereocenters. The van der Waals surface area contributed by atoms with Crippen molar-refractivity contribution in [1.82, 2.24) is 0 Å². The number of hydrogen-bond donors (Lipinski definition) is 0. The summed E-state index contributed by atoms with van der Waals surface area (Å²) >= 11 is 0. The van der Waals surface area contributed by atoms with Crippen LogP contribution >= 0.6 is 0 Å². The highest BCUT2D eigenvalue weighted by Crippen LogP contribution is 1.94. The lowest BCUT2D eigenvalue weighted by molar-refractivity contribution is -0.139. The minimum Gasteiger partial charge on any atom is -0.461 e. The maximum absolute atomic E-state index is 10.4. The fourth-order valence-corrected chi connectivity index (χ4v) is 0.491. The summed E-state index contributed by atoms with van der Waals surface area (Å²) in [6.45, 7) is 4.15. The number of hydrogen-bond acceptors (Lipinski definition) is 4. The van der Waals surface area contributed by atoms with Gasteiger partial charge in [-0.1, -0.05) is 0 Å². The van der Waals surface area contributed by atoms with E-state index < -0.39 is 11.9 Å². The number of rotatable bonds is 3. The van der Waals surface area contributed by atoms with Gasteiger partial charge in [0.25, 0.3) is 0 Å². The molecule has 4 nitrogen and oxygen atoms in total. The standard InChI is InChI=1S/C8H11O4/c1-6(12-8(3)10)4-5-11-7(2)9/h5H2,1-3H3. The van der Waals surface area contributed by atoms with E-state index in [-0.39, 0.29) is 6.61 Å². The summed E-state index contributed by atoms with van der Waals surface area (Å²) in [7, 11) is 0. The number of allylic oxidation sites excluding steroid dienone is 1. The van der Waals surface area contributed by atoms with Crippen molar-refractivity contribution in [3.05, 3.63) is 11.8 Å². The SMILES string of the molecule is CC(=O)OC[C]=C(C)OC(C)=O. The second-order valence-electron chi connectivity index (χ2n) is 2.11. The van der Waals surface area contributed by atoms with E-state index in [1.54, 1.807) is 6.92 Å². The Morgan fingerprint density at radius 3 is 2.17 bits per heavy atom. The summed E-state index contributed by atoms with van der Waals surface area (Å²) in [5.74, 6) is -0.496. The molecule has 4 heteroatoms. The topological polar surface area (TPSA) is 52.6 Å². The third-order valence-corrected chi connectivity index (χ3v) is 0.893. The summed E-state index contributed by atoms with van der Waals surface area (Å²) in [5.41, 5.74) is 0. The molecule has 0 heterocycles. The molecule has 0 bridgehead atoms. The fraction of sp³-hybridized carbons (Fsp3) is 0.500. The van der Waals surface area contributed by atoms with Crippen molar-refractivity contribution in [2.75, 3.05) is 6.61 Å². The summed E-state index contributed by atoms with van der Waals surface area (Å²) in [6.07, 6.45) is 2.58. The van der Waals surface area contributed by atoms with Crippen LogP contribution in [0.4, 0.5) is 0 Å². The van der Waals surface area contributed by atoms with Gasteiger partial charge in [0.2, 0.25) is 0 Å². The molecule has 0 aliphatic heterocycles. The van der Waals surface area contributed by atoms with Crippen LogP contribution in [0.5, 0.6) is 0 Å². The fourth-order valence-electron chi connectivity index (χ4n) is 0.491. The van der Waals surface area contributed by atoms with E-state index in [0.717, 1.165) is 0 Å². The Labute approximate surface area is 71.2 Å². The zero-order chi connectivity index (χ0) is 9.56. The zero-order valence-corrected chi connectivity index (χ0v) is 7.34. The minimum absolute atomic E-state index is 0.00838. The molecule has 0 atom stereocenters. The third kappa shape index (κ3) is 6.80. The molecule has 0 spiro atoms. The number of esters is 2. The highest BCUT2D eigenvalue weighted by molar-refractivity contribution is 5.67. The Bertz CT molecular complexity index is 205. The first-order chi connectivity index (χ1) is 5.52. The molecule has 0 aromatic rings. The van der Waals surface area contributed by atoms with E-state index in [4.69, 9.17) is 0 Å². The Morgan fingerprint density at radius 2 is 1.75 bits per heavy atom. The predicted octanol–water partition coefficient (Wildman–Crippen LogP) is 0.820. The molecule has 0 aromatic carbocycles. The molecule has 12 heavy (non-hydrogen) atoms. The van der Waals surface area contributed by atoms with Crippen molar-refractivity contribution in [2.24, 2.45) is 0 Å². The van der Waals surface area contributed by atoms with E-state index in [1.807, 2.05) is 0 Å². The molecule has 67 valence electrons. The summed E-state index contributed by atoms with van der Waals surface area (Å²) in [4.78, 5) is 20.6. The van der Waals surface area contributed by atoms with Crippen molar-refractivity contribution in [3.8, 4) is 0 Å². The van der Waals surface area contributed by atoms with E-state index in [9.17, 15) is 9.59 Å². The van der Waals surface area contributed by atoms with Crippen LogP contribution in [0.25, 0.3) is 0 Å². The maximum Gasteiger partial charge on any atom is 0.307 e. The number of ether oxygens (including phenoxy) is 2. The summed E-state index contributed by atoms with van der Waals surface area (Å²) < 4.78 is 9.14. The Morgan fingerprint density at radius 1 is 1.17 bits per heavy atom. The predicted molar refractivity (Wildman–Crippen MR) is 40.8 cm³/mol. The molecule has 0 saturated heterocycles. The van der Waals surface area contributed by atoms with Gasteiger partial charge >= 0.3 is 11.9 Å². The van der Waals surface area contributed by atoms with Crippen molar-refractivity contribution >= 4 is 11.9 Å². The lowest BCUT2D eigenvalue weighted by Gasteiger charge is -1.99. The van der Waals surface area contributed by atoms with E-state index in [2.05, 4.69) is 15.5 Å². The molecular formula is C8H11O4. The van der Waals surface area contributed by atoms with Gasteiger partial charge in [-0.3, -0.25) is 9.59 Å². The van der Waals surface area contributed by atoms with Gasteiger partial charge in [-0.15, -0.1) is 0 Å². The molecule has 0 saturated carbocycles. The summed E-state index contributed by atoms with van der Waals surface area (Å²) in [5, 5.41) is 0. The lowest BCUT2D eigenvalue weighted by Crippen LogP contribution is -2.01. The van der Waals surface area contributed by atoms with Gasteiger partial charge in [0, 0.05) is 19.9 Å². The molecule has 0 aliphatic rings. The molecule has 0 aliphatic carbocycles. The van der Waals surface area contributed by atoms with Gasteiger partial charge in [0.05, 0.1) is 0 Å². The smallest absolute Gasteiger partial charge is 0.307 e. The Hall–Kier alpha value is -1.32. The third-order valence-electron chi connectivity index (χ3n) is 0.893. The minimum atomic E-state index is -0.414. The van der Waals surface area contributed by atoms with Gasteiger partial charge in [0.1, 0.15) is 12.4 Å². The average Bonchev–Trinajstić information content (AvgIpc) is 1.84. The highest BCUT2D eigenvalue weighted by atomic mass is 16.5. The van der Waals surface area contributed by atoms with Crippen LogP contribution in [-0.4, -0.2) is 18.5 Å². The van der Waals surface area contributed by atoms with Gasteiger partial charge in [0.15, 0.2) is 0 Å². The first kappa shape index (κ1) is 10.7. The largest absolute Gasteiger partial charge is 0.461 e. The zero-order valence-electron chi connectivity index (χ0n) is 7.34. The van der Waals surface area contributed by atoms with Crippen LogP contribution in [0.3, 0.4) is 0 Å². The molecule has 1 radical (unpaired) electrons. The van der Waals surface area contributed by atoms with Crippen molar-refractivity contribution in [3.63, 3.8) is 0 Å². The van der Waals surface area contributed by atoms with Crippen LogP contribution in [0.2, 0.25) is 0 Å². The quantitative estimate of drug-likeness (QED) is 0.466. The van der Waals surface area contributed by atoms with Crippen LogP contribution in [0.15, 0.2) is 5.76 Å². The molecule has 0 rings (SSSR count). The molecule has 0 amide bonds. The first-order valence-corrected chi connectivity index (χ1v) is 3.41. The Balaban J connectivity index is 3.69. The van der Waals surface area contributed by atoms with E-state index in [1.165, 1.54) is 13.8 Å². The van der Waals surface area contributed by atoms with Crippen LogP contribution < -0.4 is 0 Å². The lowest BCUT2D eigenvalue weighted by atomic mass is 10.5. The normalized spacial score (nSPS) is 10.8. The number of carbonyl (C=O) groups is 2. The van der Waals surface area contributed by atoms with Crippen LogP contribution in [0, 0.1) is 6.08 Å². The van der Waals surface area contributed by atoms with E-state index >= 15 is 0 Å². The maximum atomic E-state index is 10.4. The first-order valence-electron chi connectivity index (χ1n) is 3.41. The van der Waals surface area contributed by atoms with Crippen molar-refractivity contribution in [1.29, 1.82) is 0 Å². The van der Waals surface area contributed by atoms with Gasteiger partial charge < -0.3 is 9.47 Å². The summed E-state index contributed by atoms with van der Waals surface area (Å²) in [6, 6.07) is 0. The molecule has 0 N–H and O–H groups in total. The number of carbonyl (C=O) groups excluding carboxylic acids is 2. The van der Waals surface area contributed by atoms with Crippen LogP contribution in [-0.2, 0) is 19.1 Å². The molecule has 0 aromatic heterocycles.